The van der Waals surface area contributed by atoms with Crippen LogP contribution in [-0.2, 0) is 16.0 Å². The Morgan fingerprint density at radius 3 is 2.85 bits per heavy atom. The summed E-state index contributed by atoms with van der Waals surface area (Å²) in [6, 6.07) is 9.98. The second-order valence-corrected chi connectivity index (χ2v) is 5.10. The number of carbonyl (C=O) groups excluding carboxylic acids is 2. The first-order valence-corrected chi connectivity index (χ1v) is 7.24. The number of hydrogen-bond donors (Lipinski definition) is 0. The summed E-state index contributed by atoms with van der Waals surface area (Å²) < 4.78 is 5.22. The highest BCUT2D eigenvalue weighted by Gasteiger charge is 2.29. The molecule has 1 aliphatic rings. The molecule has 0 N–H and O–H groups in total. The van der Waals surface area contributed by atoms with Crippen LogP contribution in [0.2, 0.25) is 0 Å². The summed E-state index contributed by atoms with van der Waals surface area (Å²) in [4.78, 5) is 24.1. The van der Waals surface area contributed by atoms with E-state index in [1.165, 1.54) is 10.5 Å². The van der Waals surface area contributed by atoms with Crippen molar-refractivity contribution in [3.8, 4) is 0 Å². The van der Waals surface area contributed by atoms with Gasteiger partial charge < -0.3 is 9.53 Å². The molecule has 1 atom stereocenters. The van der Waals surface area contributed by atoms with E-state index in [1.807, 2.05) is 18.2 Å². The third-order valence-corrected chi connectivity index (χ3v) is 3.62. The van der Waals surface area contributed by atoms with Crippen LogP contribution in [0.3, 0.4) is 0 Å². The molecule has 4 nitrogen and oxygen atoms in total. The van der Waals surface area contributed by atoms with Crippen molar-refractivity contribution in [3.05, 3.63) is 35.9 Å². The van der Waals surface area contributed by atoms with Gasteiger partial charge in [-0.15, -0.1) is 0 Å². The number of aryl methyl sites for hydroxylation is 1. The van der Waals surface area contributed by atoms with Gasteiger partial charge in [0, 0.05) is 6.54 Å². The summed E-state index contributed by atoms with van der Waals surface area (Å²) >= 11 is 0. The first kappa shape index (κ1) is 14.6. The molecular weight excluding hydrogens is 254 g/mol. The van der Waals surface area contributed by atoms with E-state index in [4.69, 9.17) is 4.74 Å². The van der Waals surface area contributed by atoms with Crippen molar-refractivity contribution in [2.24, 2.45) is 0 Å². The van der Waals surface area contributed by atoms with Crippen LogP contribution in [0.15, 0.2) is 30.3 Å². The maximum Gasteiger partial charge on any atom is 0.410 e. The number of ether oxygens (including phenoxy) is 1. The van der Waals surface area contributed by atoms with Crippen LogP contribution in [-0.4, -0.2) is 36.5 Å². The average Bonchev–Trinajstić information content (AvgIpc) is 2.96. The predicted octanol–water partition coefficient (Wildman–Crippen LogP) is 2.81. The number of amides is 1. The quantitative estimate of drug-likeness (QED) is 0.592. The molecule has 2 rings (SSSR count). The molecular formula is C16H21NO3. The monoisotopic (exact) mass is 275 g/mol. The molecule has 0 aliphatic carbocycles. The molecule has 1 unspecified atom stereocenters. The SMILES string of the molecule is O=CC1CCCN1C(=O)OCCCCc1ccccc1. The number of rotatable bonds is 6. The molecule has 1 aliphatic heterocycles. The summed E-state index contributed by atoms with van der Waals surface area (Å²) in [6.45, 7) is 1.06. The van der Waals surface area contributed by atoms with Crippen LogP contribution < -0.4 is 0 Å². The van der Waals surface area contributed by atoms with Crippen LogP contribution in [0.4, 0.5) is 4.79 Å². The average molecular weight is 275 g/mol. The summed E-state index contributed by atoms with van der Waals surface area (Å²) in [6.07, 6.45) is 4.97. The first-order valence-electron chi connectivity index (χ1n) is 7.24. The Morgan fingerprint density at radius 1 is 1.30 bits per heavy atom. The molecule has 0 bridgehead atoms. The topological polar surface area (TPSA) is 46.6 Å². The summed E-state index contributed by atoms with van der Waals surface area (Å²) in [5.41, 5.74) is 1.30. The second-order valence-electron chi connectivity index (χ2n) is 5.10. The largest absolute Gasteiger partial charge is 0.449 e. The van der Waals surface area contributed by atoms with Crippen LogP contribution in [0.1, 0.15) is 31.2 Å². The Hall–Kier alpha value is -1.84. The van der Waals surface area contributed by atoms with Gasteiger partial charge in [0.05, 0.1) is 12.6 Å². The summed E-state index contributed by atoms with van der Waals surface area (Å²) in [7, 11) is 0. The van der Waals surface area contributed by atoms with Gasteiger partial charge in [-0.2, -0.15) is 0 Å². The fraction of sp³-hybridized carbons (Fsp3) is 0.500. The van der Waals surface area contributed by atoms with Crippen LogP contribution >= 0.6 is 0 Å². The lowest BCUT2D eigenvalue weighted by Crippen LogP contribution is -2.36. The number of unbranched alkanes of at least 4 members (excludes halogenated alkanes) is 1. The van der Waals surface area contributed by atoms with Crippen molar-refractivity contribution in [2.75, 3.05) is 13.2 Å². The lowest BCUT2D eigenvalue weighted by atomic mass is 10.1. The third kappa shape index (κ3) is 4.08. The molecule has 4 heteroatoms. The van der Waals surface area contributed by atoms with E-state index in [1.54, 1.807) is 0 Å². The molecule has 1 aromatic rings. The van der Waals surface area contributed by atoms with Gasteiger partial charge in [-0.25, -0.2) is 4.79 Å². The maximum absolute atomic E-state index is 11.8. The molecule has 1 heterocycles. The first-order chi connectivity index (χ1) is 9.81. The Labute approximate surface area is 119 Å². The van der Waals surface area contributed by atoms with E-state index in [9.17, 15) is 9.59 Å². The molecule has 20 heavy (non-hydrogen) atoms. The highest BCUT2D eigenvalue weighted by atomic mass is 16.6. The lowest BCUT2D eigenvalue weighted by Gasteiger charge is -2.19. The normalized spacial score (nSPS) is 18.0. The Balaban J connectivity index is 1.61. The number of aldehydes is 1. The van der Waals surface area contributed by atoms with Gasteiger partial charge in [0.25, 0.3) is 0 Å². The van der Waals surface area contributed by atoms with Gasteiger partial charge >= 0.3 is 6.09 Å². The van der Waals surface area contributed by atoms with E-state index < -0.39 is 0 Å². The van der Waals surface area contributed by atoms with Crippen molar-refractivity contribution in [2.45, 2.75) is 38.1 Å². The molecule has 1 aromatic carbocycles. The zero-order chi connectivity index (χ0) is 14.2. The minimum absolute atomic E-state index is 0.285. The predicted molar refractivity (Wildman–Crippen MR) is 76.5 cm³/mol. The van der Waals surface area contributed by atoms with Crippen LogP contribution in [0.5, 0.6) is 0 Å². The van der Waals surface area contributed by atoms with E-state index in [-0.39, 0.29) is 12.1 Å². The van der Waals surface area contributed by atoms with Gasteiger partial charge in [-0.1, -0.05) is 30.3 Å². The Kier molecular flexibility index (Phi) is 5.59. The minimum atomic E-state index is -0.348. The zero-order valence-corrected chi connectivity index (χ0v) is 11.7. The van der Waals surface area contributed by atoms with Crippen molar-refractivity contribution >= 4 is 12.4 Å². The summed E-state index contributed by atoms with van der Waals surface area (Å²) in [5, 5.41) is 0. The number of likely N-dealkylation sites (tertiary alicyclic amines) is 1. The van der Waals surface area contributed by atoms with Crippen molar-refractivity contribution in [1.82, 2.24) is 4.90 Å². The number of benzene rings is 1. The second kappa shape index (κ2) is 7.68. The molecule has 0 saturated carbocycles. The van der Waals surface area contributed by atoms with Gasteiger partial charge in [0.15, 0.2) is 0 Å². The molecule has 0 aromatic heterocycles. The van der Waals surface area contributed by atoms with E-state index in [2.05, 4.69) is 12.1 Å². The third-order valence-electron chi connectivity index (χ3n) is 3.62. The van der Waals surface area contributed by atoms with Crippen molar-refractivity contribution < 1.29 is 14.3 Å². The van der Waals surface area contributed by atoms with E-state index in [0.717, 1.165) is 38.4 Å². The number of nitrogens with zero attached hydrogens (tertiary/aromatic N) is 1. The zero-order valence-electron chi connectivity index (χ0n) is 11.7. The maximum atomic E-state index is 11.8. The summed E-state index contributed by atoms with van der Waals surface area (Å²) in [5.74, 6) is 0. The Bertz CT molecular complexity index is 433. The fourth-order valence-corrected chi connectivity index (χ4v) is 2.48. The van der Waals surface area contributed by atoms with Gasteiger partial charge in [-0.05, 0) is 37.7 Å². The highest BCUT2D eigenvalue weighted by molar-refractivity contribution is 5.74. The standard InChI is InChI=1S/C16H21NO3/c18-13-15-10-6-11-17(15)16(19)20-12-5-4-9-14-7-2-1-3-8-14/h1-3,7-8,13,15H,4-6,9-12H2. The lowest BCUT2D eigenvalue weighted by molar-refractivity contribution is -0.111. The molecule has 0 radical (unpaired) electrons. The van der Waals surface area contributed by atoms with Crippen molar-refractivity contribution in [1.29, 1.82) is 0 Å². The van der Waals surface area contributed by atoms with Crippen LogP contribution in [0, 0.1) is 0 Å². The van der Waals surface area contributed by atoms with Gasteiger partial charge in [-0.3, -0.25) is 4.90 Å². The van der Waals surface area contributed by atoms with E-state index >= 15 is 0 Å². The van der Waals surface area contributed by atoms with E-state index in [0.29, 0.717) is 13.2 Å². The van der Waals surface area contributed by atoms with Crippen molar-refractivity contribution in [3.63, 3.8) is 0 Å². The molecule has 1 saturated heterocycles. The number of hydrogen-bond acceptors (Lipinski definition) is 3. The fourth-order valence-electron chi connectivity index (χ4n) is 2.48. The van der Waals surface area contributed by atoms with Gasteiger partial charge in [0.1, 0.15) is 6.29 Å². The number of carbonyl (C=O) groups is 2. The molecule has 108 valence electrons. The highest BCUT2D eigenvalue weighted by Crippen LogP contribution is 2.16. The minimum Gasteiger partial charge on any atom is -0.449 e. The molecule has 1 fully saturated rings. The smallest absolute Gasteiger partial charge is 0.410 e. The van der Waals surface area contributed by atoms with Crippen LogP contribution in [0.25, 0.3) is 0 Å². The molecule has 0 spiro atoms. The molecule has 1 amide bonds. The Morgan fingerprint density at radius 2 is 2.10 bits per heavy atom. The van der Waals surface area contributed by atoms with Gasteiger partial charge in [0.2, 0.25) is 0 Å².